The summed E-state index contributed by atoms with van der Waals surface area (Å²) in [6, 6.07) is 21.7. The topological polar surface area (TPSA) is 48.5 Å². The molecule has 1 aliphatic heterocycles. The van der Waals surface area contributed by atoms with E-state index in [2.05, 4.69) is 39.2 Å². The fourth-order valence-electron chi connectivity index (χ4n) is 3.73. The maximum atomic E-state index is 12.8. The minimum absolute atomic E-state index is 0.133. The molecule has 0 spiro atoms. The summed E-state index contributed by atoms with van der Waals surface area (Å²) in [5, 5.41) is 3.00. The molecule has 3 aromatic rings. The summed E-state index contributed by atoms with van der Waals surface area (Å²) in [6.45, 7) is 5.06. The molecule has 1 saturated heterocycles. The zero-order valence-corrected chi connectivity index (χ0v) is 16.7. The molecule has 1 amide bonds. The average molecular weight is 386 g/mol. The molecular weight excluding hydrogens is 360 g/mol. The Balaban J connectivity index is 1.48. The first-order valence-corrected chi connectivity index (χ1v) is 10.2. The molecule has 1 fully saturated rings. The van der Waals surface area contributed by atoms with Crippen LogP contribution in [0.1, 0.15) is 30.1 Å². The van der Waals surface area contributed by atoms with Crippen LogP contribution in [-0.2, 0) is 0 Å². The van der Waals surface area contributed by atoms with Crippen LogP contribution in [-0.4, -0.2) is 30.5 Å². The fourth-order valence-corrected chi connectivity index (χ4v) is 3.73. The summed E-state index contributed by atoms with van der Waals surface area (Å²) in [4.78, 5) is 21.7. The molecule has 0 unspecified atom stereocenters. The van der Waals surface area contributed by atoms with E-state index in [0.29, 0.717) is 5.56 Å². The van der Waals surface area contributed by atoms with Crippen molar-refractivity contribution in [1.82, 2.24) is 4.98 Å². The molecule has 0 aliphatic carbocycles. The Bertz CT molecular complexity index is 950. The Morgan fingerprint density at radius 2 is 1.76 bits per heavy atom. The van der Waals surface area contributed by atoms with Crippen molar-refractivity contribution in [2.75, 3.05) is 34.8 Å². The molecule has 5 nitrogen and oxygen atoms in total. The van der Waals surface area contributed by atoms with Crippen LogP contribution in [0.5, 0.6) is 0 Å². The molecule has 0 radical (unpaired) electrons. The van der Waals surface area contributed by atoms with Crippen LogP contribution < -0.4 is 15.1 Å². The van der Waals surface area contributed by atoms with Gasteiger partial charge in [-0.1, -0.05) is 18.2 Å². The first-order valence-electron chi connectivity index (χ1n) is 10.2. The lowest BCUT2D eigenvalue weighted by Crippen LogP contribution is -2.19. The fraction of sp³-hybridized carbons (Fsp3) is 0.250. The highest BCUT2D eigenvalue weighted by Crippen LogP contribution is 2.25. The van der Waals surface area contributed by atoms with Gasteiger partial charge in [0, 0.05) is 48.5 Å². The Morgan fingerprint density at radius 3 is 2.45 bits per heavy atom. The second-order valence-corrected chi connectivity index (χ2v) is 7.18. The van der Waals surface area contributed by atoms with Gasteiger partial charge in [-0.15, -0.1) is 0 Å². The van der Waals surface area contributed by atoms with Crippen LogP contribution >= 0.6 is 0 Å². The standard InChI is InChI=1S/C24H26N4O/c1-2-28(22-8-4-3-5-9-22)23-18-19(14-15-25-23)24(29)26-20-10-12-21(13-11-20)27-16-6-7-17-27/h3-5,8-15,18H,2,6-7,16-17H2,1H3,(H,26,29). The third kappa shape index (κ3) is 4.40. The van der Waals surface area contributed by atoms with Crippen LogP contribution in [0.15, 0.2) is 72.9 Å². The summed E-state index contributed by atoms with van der Waals surface area (Å²) >= 11 is 0. The third-order valence-electron chi connectivity index (χ3n) is 5.26. The summed E-state index contributed by atoms with van der Waals surface area (Å²) in [5.41, 5.74) is 3.66. The lowest BCUT2D eigenvalue weighted by Gasteiger charge is -2.22. The van der Waals surface area contributed by atoms with Crippen LogP contribution in [0, 0.1) is 0 Å². The number of para-hydroxylation sites is 1. The van der Waals surface area contributed by atoms with Gasteiger partial charge >= 0.3 is 0 Å². The first-order chi connectivity index (χ1) is 14.2. The number of carbonyl (C=O) groups excluding carboxylic acids is 1. The minimum atomic E-state index is -0.133. The number of hydrogen-bond donors (Lipinski definition) is 1. The van der Waals surface area contributed by atoms with E-state index < -0.39 is 0 Å². The summed E-state index contributed by atoms with van der Waals surface area (Å²) in [6.07, 6.45) is 4.19. The van der Waals surface area contributed by atoms with E-state index in [4.69, 9.17) is 0 Å². The van der Waals surface area contributed by atoms with E-state index in [1.54, 1.807) is 12.3 Å². The Hall–Kier alpha value is -3.34. The molecule has 0 atom stereocenters. The van der Waals surface area contributed by atoms with Gasteiger partial charge in [0.05, 0.1) is 0 Å². The highest BCUT2D eigenvalue weighted by Gasteiger charge is 2.14. The number of amides is 1. The van der Waals surface area contributed by atoms with Crippen molar-refractivity contribution in [2.45, 2.75) is 19.8 Å². The SMILES string of the molecule is CCN(c1ccccc1)c1cc(C(=O)Nc2ccc(N3CCCC3)cc2)ccn1. The summed E-state index contributed by atoms with van der Waals surface area (Å²) < 4.78 is 0. The Kier molecular flexibility index (Phi) is 5.75. The van der Waals surface area contributed by atoms with Gasteiger partial charge in [0.2, 0.25) is 0 Å². The number of pyridine rings is 1. The van der Waals surface area contributed by atoms with Gasteiger partial charge in [-0.2, -0.15) is 0 Å². The average Bonchev–Trinajstić information content (AvgIpc) is 3.31. The predicted octanol–water partition coefficient (Wildman–Crippen LogP) is 5.09. The lowest BCUT2D eigenvalue weighted by molar-refractivity contribution is 0.102. The largest absolute Gasteiger partial charge is 0.372 e. The van der Waals surface area contributed by atoms with E-state index in [1.807, 2.05) is 48.5 Å². The van der Waals surface area contributed by atoms with Crippen molar-refractivity contribution in [2.24, 2.45) is 0 Å². The van der Waals surface area contributed by atoms with Crippen LogP contribution in [0.3, 0.4) is 0 Å². The zero-order chi connectivity index (χ0) is 20.1. The van der Waals surface area contributed by atoms with Crippen molar-refractivity contribution < 1.29 is 4.79 Å². The van der Waals surface area contributed by atoms with Gasteiger partial charge in [-0.25, -0.2) is 4.98 Å². The maximum Gasteiger partial charge on any atom is 0.255 e. The van der Waals surface area contributed by atoms with Crippen molar-refractivity contribution in [1.29, 1.82) is 0 Å². The van der Waals surface area contributed by atoms with E-state index in [1.165, 1.54) is 18.5 Å². The van der Waals surface area contributed by atoms with E-state index in [-0.39, 0.29) is 5.91 Å². The van der Waals surface area contributed by atoms with Crippen LogP contribution in [0.25, 0.3) is 0 Å². The normalized spacial score (nSPS) is 13.3. The number of rotatable bonds is 6. The molecule has 0 bridgehead atoms. The number of anilines is 4. The van der Waals surface area contributed by atoms with E-state index in [0.717, 1.165) is 36.8 Å². The minimum Gasteiger partial charge on any atom is -0.372 e. The number of aromatic nitrogens is 1. The maximum absolute atomic E-state index is 12.8. The molecule has 5 heteroatoms. The molecule has 148 valence electrons. The van der Waals surface area contributed by atoms with Gasteiger partial charge in [0.25, 0.3) is 5.91 Å². The van der Waals surface area contributed by atoms with Crippen molar-refractivity contribution in [3.05, 3.63) is 78.5 Å². The van der Waals surface area contributed by atoms with E-state index >= 15 is 0 Å². The highest BCUT2D eigenvalue weighted by atomic mass is 16.1. The number of nitrogens with one attached hydrogen (secondary N) is 1. The lowest BCUT2D eigenvalue weighted by atomic mass is 10.2. The second kappa shape index (κ2) is 8.78. The van der Waals surface area contributed by atoms with Gasteiger partial charge in [0.1, 0.15) is 5.82 Å². The Labute approximate surface area is 172 Å². The monoisotopic (exact) mass is 386 g/mol. The zero-order valence-electron chi connectivity index (χ0n) is 16.7. The van der Waals surface area contributed by atoms with Crippen LogP contribution in [0.4, 0.5) is 22.9 Å². The summed E-state index contributed by atoms with van der Waals surface area (Å²) in [7, 11) is 0. The van der Waals surface area contributed by atoms with Gasteiger partial charge in [-0.3, -0.25) is 4.79 Å². The Morgan fingerprint density at radius 1 is 1.03 bits per heavy atom. The van der Waals surface area contributed by atoms with Gasteiger partial charge < -0.3 is 15.1 Å². The smallest absolute Gasteiger partial charge is 0.255 e. The number of nitrogens with zero attached hydrogens (tertiary/aromatic N) is 3. The molecule has 2 heterocycles. The molecule has 1 N–H and O–H groups in total. The molecular formula is C24H26N4O. The highest BCUT2D eigenvalue weighted by molar-refractivity contribution is 6.04. The molecule has 29 heavy (non-hydrogen) atoms. The van der Waals surface area contributed by atoms with Crippen molar-refractivity contribution in [3.63, 3.8) is 0 Å². The van der Waals surface area contributed by atoms with Gasteiger partial charge in [-0.05, 0) is 68.3 Å². The van der Waals surface area contributed by atoms with Crippen molar-refractivity contribution >= 4 is 28.8 Å². The first kappa shape index (κ1) is 19.0. The summed E-state index contributed by atoms with van der Waals surface area (Å²) in [5.74, 6) is 0.627. The molecule has 1 aliphatic rings. The second-order valence-electron chi connectivity index (χ2n) is 7.18. The molecule has 2 aromatic carbocycles. The molecule has 1 aromatic heterocycles. The van der Waals surface area contributed by atoms with Crippen LogP contribution in [0.2, 0.25) is 0 Å². The molecule has 0 saturated carbocycles. The quantitative estimate of drug-likeness (QED) is 0.641. The predicted molar refractivity (Wildman–Crippen MR) is 119 cm³/mol. The van der Waals surface area contributed by atoms with Gasteiger partial charge in [0.15, 0.2) is 0 Å². The molecule has 4 rings (SSSR count). The third-order valence-corrected chi connectivity index (χ3v) is 5.26. The van der Waals surface area contributed by atoms with Crippen molar-refractivity contribution in [3.8, 4) is 0 Å². The number of hydrogen-bond acceptors (Lipinski definition) is 4. The number of carbonyl (C=O) groups is 1. The van der Waals surface area contributed by atoms with E-state index in [9.17, 15) is 4.79 Å². The number of benzene rings is 2.